The molecule has 0 aromatic heterocycles. The molecule has 0 N–H and O–H groups in total. The van der Waals surface area contributed by atoms with Crippen molar-refractivity contribution in [1.82, 2.24) is 4.90 Å². The van der Waals surface area contributed by atoms with E-state index >= 15 is 0 Å². The van der Waals surface area contributed by atoms with Crippen LogP contribution in [0.4, 0.5) is 0 Å². The van der Waals surface area contributed by atoms with E-state index in [4.69, 9.17) is 0 Å². The molecule has 2 rings (SSSR count). The first-order chi connectivity index (χ1) is 7.59. The van der Waals surface area contributed by atoms with E-state index in [0.29, 0.717) is 5.57 Å². The summed E-state index contributed by atoms with van der Waals surface area (Å²) in [5.41, 5.74) is 2.67. The van der Waals surface area contributed by atoms with Gasteiger partial charge in [0, 0.05) is 12.6 Å². The first-order valence-corrected chi connectivity index (χ1v) is 5.16. The summed E-state index contributed by atoms with van der Waals surface area (Å²) in [5.74, 6) is -0.321. The predicted molar refractivity (Wildman–Crippen MR) is 61.6 cm³/mol. The van der Waals surface area contributed by atoms with E-state index in [1.165, 1.54) is 11.9 Å². The quantitative estimate of drug-likeness (QED) is 0.529. The van der Waals surface area contributed by atoms with Crippen LogP contribution in [0.15, 0.2) is 29.8 Å². The van der Waals surface area contributed by atoms with Crippen molar-refractivity contribution >= 4 is 17.9 Å². The second kappa shape index (κ2) is 3.93. The number of amides is 2. The Morgan fingerprint density at radius 2 is 1.94 bits per heavy atom. The number of likely N-dealkylation sites (tertiary alicyclic amines) is 1. The molecule has 0 aliphatic carbocycles. The lowest BCUT2D eigenvalue weighted by molar-refractivity contribution is -0.135. The van der Waals surface area contributed by atoms with E-state index in [-0.39, 0.29) is 18.2 Å². The summed E-state index contributed by atoms with van der Waals surface area (Å²) in [4.78, 5) is 24.2. The van der Waals surface area contributed by atoms with Gasteiger partial charge in [-0.2, -0.15) is 0 Å². The van der Waals surface area contributed by atoms with Gasteiger partial charge in [0.2, 0.25) is 5.91 Å². The van der Waals surface area contributed by atoms with Crippen LogP contribution in [0.2, 0.25) is 0 Å². The molecule has 1 heterocycles. The van der Waals surface area contributed by atoms with E-state index in [0.717, 1.165) is 11.1 Å². The van der Waals surface area contributed by atoms with Crippen LogP contribution in [0.5, 0.6) is 0 Å². The van der Waals surface area contributed by atoms with Crippen LogP contribution < -0.4 is 0 Å². The topological polar surface area (TPSA) is 37.4 Å². The minimum absolute atomic E-state index is 0.134. The molecule has 3 nitrogen and oxygen atoms in total. The number of hydrogen-bond donors (Lipinski definition) is 0. The van der Waals surface area contributed by atoms with Gasteiger partial charge in [0.1, 0.15) is 0 Å². The van der Waals surface area contributed by atoms with E-state index in [1.807, 2.05) is 31.2 Å². The molecule has 16 heavy (non-hydrogen) atoms. The van der Waals surface area contributed by atoms with Crippen molar-refractivity contribution in [3.63, 3.8) is 0 Å². The van der Waals surface area contributed by atoms with Crippen molar-refractivity contribution in [2.75, 3.05) is 7.05 Å². The smallest absolute Gasteiger partial charge is 0.256 e. The third-order valence-electron chi connectivity index (χ3n) is 2.81. The van der Waals surface area contributed by atoms with E-state index in [2.05, 4.69) is 0 Å². The minimum Gasteiger partial charge on any atom is -0.282 e. The summed E-state index contributed by atoms with van der Waals surface area (Å²) in [7, 11) is 1.52. The molecule has 82 valence electrons. The Morgan fingerprint density at radius 3 is 2.50 bits per heavy atom. The van der Waals surface area contributed by atoms with Gasteiger partial charge in [0.25, 0.3) is 5.91 Å². The van der Waals surface area contributed by atoms with Crippen molar-refractivity contribution < 1.29 is 9.59 Å². The van der Waals surface area contributed by atoms with Gasteiger partial charge in [-0.15, -0.1) is 0 Å². The van der Waals surface area contributed by atoms with Crippen LogP contribution in [0.1, 0.15) is 17.5 Å². The Labute approximate surface area is 94.4 Å². The van der Waals surface area contributed by atoms with Crippen LogP contribution in [0, 0.1) is 6.92 Å². The van der Waals surface area contributed by atoms with Crippen LogP contribution in [-0.2, 0) is 9.59 Å². The normalized spacial score (nSPS) is 18.6. The number of likely N-dealkylation sites (N-methyl/N-ethyl adjacent to an activating group) is 1. The average Bonchev–Trinajstić information content (AvgIpc) is 2.50. The van der Waals surface area contributed by atoms with Gasteiger partial charge in [0.05, 0.1) is 6.42 Å². The summed E-state index contributed by atoms with van der Waals surface area (Å²) in [6.07, 6.45) is 2.02. The highest BCUT2D eigenvalue weighted by molar-refractivity contribution is 6.15. The van der Waals surface area contributed by atoms with Crippen molar-refractivity contribution in [3.05, 3.63) is 41.0 Å². The maximum absolute atomic E-state index is 11.7. The number of nitrogens with zero attached hydrogens (tertiary/aromatic N) is 1. The Balaban J connectivity index is 2.37. The zero-order valence-electron chi connectivity index (χ0n) is 9.36. The van der Waals surface area contributed by atoms with Crippen LogP contribution >= 0.6 is 0 Å². The first-order valence-electron chi connectivity index (χ1n) is 5.16. The zero-order valence-corrected chi connectivity index (χ0v) is 9.36. The second-order valence-electron chi connectivity index (χ2n) is 3.96. The molecule has 0 radical (unpaired) electrons. The molecule has 1 aliphatic heterocycles. The molecule has 1 aliphatic rings. The highest BCUT2D eigenvalue weighted by Gasteiger charge is 2.30. The van der Waals surface area contributed by atoms with Crippen LogP contribution in [0.3, 0.4) is 0 Å². The molecule has 0 saturated carbocycles. The SMILES string of the molecule is Cc1ccccc1/C=C1\CC(=O)N(C)C1=O. The molecule has 1 aromatic carbocycles. The fourth-order valence-corrected chi connectivity index (χ4v) is 1.74. The van der Waals surface area contributed by atoms with Gasteiger partial charge in [-0.3, -0.25) is 14.5 Å². The van der Waals surface area contributed by atoms with Gasteiger partial charge in [-0.05, 0) is 24.1 Å². The van der Waals surface area contributed by atoms with Gasteiger partial charge >= 0.3 is 0 Å². The van der Waals surface area contributed by atoms with E-state index < -0.39 is 0 Å². The lowest BCUT2D eigenvalue weighted by Crippen LogP contribution is -2.23. The third kappa shape index (κ3) is 1.76. The molecule has 1 aromatic rings. The Morgan fingerprint density at radius 1 is 1.25 bits per heavy atom. The Hall–Kier alpha value is -1.90. The lowest BCUT2D eigenvalue weighted by atomic mass is 10.1. The average molecular weight is 215 g/mol. The molecule has 1 fully saturated rings. The van der Waals surface area contributed by atoms with Gasteiger partial charge in [-0.25, -0.2) is 0 Å². The fraction of sp³-hybridized carbons (Fsp3) is 0.231. The Bertz CT molecular complexity index is 488. The van der Waals surface area contributed by atoms with Crippen LogP contribution in [-0.4, -0.2) is 23.8 Å². The van der Waals surface area contributed by atoms with Crippen molar-refractivity contribution in [2.45, 2.75) is 13.3 Å². The number of rotatable bonds is 1. The molecule has 0 atom stereocenters. The molecule has 0 bridgehead atoms. The number of carbonyl (C=O) groups excluding carboxylic acids is 2. The summed E-state index contributed by atoms with van der Waals surface area (Å²) < 4.78 is 0. The second-order valence-corrected chi connectivity index (χ2v) is 3.96. The highest BCUT2D eigenvalue weighted by Crippen LogP contribution is 2.21. The largest absolute Gasteiger partial charge is 0.282 e. The number of benzene rings is 1. The predicted octanol–water partition coefficient (Wildman–Crippen LogP) is 1.77. The standard InChI is InChI=1S/C13H13NO2/c1-9-5-3-4-6-10(9)7-11-8-12(15)14(2)13(11)16/h3-7H,8H2,1-2H3/b11-7+. The number of imide groups is 1. The monoisotopic (exact) mass is 215 g/mol. The summed E-state index contributed by atoms with van der Waals surface area (Å²) in [5, 5.41) is 0. The summed E-state index contributed by atoms with van der Waals surface area (Å²) >= 11 is 0. The van der Waals surface area contributed by atoms with Crippen LogP contribution in [0.25, 0.3) is 6.08 Å². The Kier molecular flexibility index (Phi) is 2.60. The molecule has 1 saturated heterocycles. The molecule has 2 amide bonds. The minimum atomic E-state index is -0.187. The fourth-order valence-electron chi connectivity index (χ4n) is 1.74. The van der Waals surface area contributed by atoms with Gasteiger partial charge in [-0.1, -0.05) is 24.3 Å². The molecular formula is C13H13NO2. The van der Waals surface area contributed by atoms with E-state index in [9.17, 15) is 9.59 Å². The highest BCUT2D eigenvalue weighted by atomic mass is 16.2. The van der Waals surface area contributed by atoms with Crippen molar-refractivity contribution in [1.29, 1.82) is 0 Å². The summed E-state index contributed by atoms with van der Waals surface area (Å²) in [6, 6.07) is 7.80. The zero-order chi connectivity index (χ0) is 11.7. The van der Waals surface area contributed by atoms with Crippen molar-refractivity contribution in [2.24, 2.45) is 0 Å². The third-order valence-corrected chi connectivity index (χ3v) is 2.81. The van der Waals surface area contributed by atoms with Crippen molar-refractivity contribution in [3.8, 4) is 0 Å². The van der Waals surface area contributed by atoms with Gasteiger partial charge < -0.3 is 0 Å². The number of aryl methyl sites for hydroxylation is 1. The first kappa shape index (κ1) is 10.6. The van der Waals surface area contributed by atoms with E-state index in [1.54, 1.807) is 6.08 Å². The summed E-state index contributed by atoms with van der Waals surface area (Å²) in [6.45, 7) is 1.98. The molecule has 0 spiro atoms. The molecule has 0 unspecified atom stereocenters. The molecular weight excluding hydrogens is 202 g/mol. The number of carbonyl (C=O) groups is 2. The molecule has 3 heteroatoms. The maximum atomic E-state index is 11.7. The van der Waals surface area contributed by atoms with Gasteiger partial charge in [0.15, 0.2) is 0 Å². The number of hydrogen-bond acceptors (Lipinski definition) is 2. The maximum Gasteiger partial charge on any atom is 0.256 e. The lowest BCUT2D eigenvalue weighted by Gasteiger charge is -2.03.